The number of hydrogen-bond donors (Lipinski definition) is 2. The van der Waals surface area contributed by atoms with Crippen LogP contribution in [-0.2, 0) is 0 Å². The topological polar surface area (TPSA) is 64.3 Å². The van der Waals surface area contributed by atoms with Gasteiger partial charge in [-0.2, -0.15) is 0 Å². The fraction of sp³-hybridized carbons (Fsp3) is 0.133. The molecule has 5 heteroatoms. The van der Waals surface area contributed by atoms with Crippen molar-refractivity contribution in [2.75, 3.05) is 18.2 Å². The highest BCUT2D eigenvalue weighted by Crippen LogP contribution is 2.25. The fourth-order valence-corrected chi connectivity index (χ4v) is 2.17. The number of benzene rings is 2. The van der Waals surface area contributed by atoms with Gasteiger partial charge in [0.05, 0.1) is 12.7 Å². The molecule has 2 aromatic rings. The minimum atomic E-state index is -0.244. The molecule has 104 valence electrons. The molecule has 0 aliphatic heterocycles. The number of nitrogens with one attached hydrogen (secondary N) is 1. The van der Waals surface area contributed by atoms with Crippen LogP contribution in [-0.4, -0.2) is 13.0 Å². The highest BCUT2D eigenvalue weighted by Gasteiger charge is 2.12. The molecule has 0 aromatic heterocycles. The van der Waals surface area contributed by atoms with Crippen molar-refractivity contribution >= 4 is 33.2 Å². The molecule has 0 spiro atoms. The van der Waals surface area contributed by atoms with Gasteiger partial charge in [0.2, 0.25) is 0 Å². The van der Waals surface area contributed by atoms with Crippen molar-refractivity contribution in [1.82, 2.24) is 0 Å². The molecular formula is C15H15BrN2O2. The Morgan fingerprint density at radius 3 is 2.70 bits per heavy atom. The molecule has 4 nitrogen and oxygen atoms in total. The van der Waals surface area contributed by atoms with Crippen molar-refractivity contribution in [3.8, 4) is 5.75 Å². The number of carbonyl (C=O) groups excluding carboxylic acids is 1. The van der Waals surface area contributed by atoms with Crippen LogP contribution in [0.25, 0.3) is 0 Å². The summed E-state index contributed by atoms with van der Waals surface area (Å²) in [6.07, 6.45) is 0. The molecule has 0 saturated heterocycles. The van der Waals surface area contributed by atoms with E-state index >= 15 is 0 Å². The van der Waals surface area contributed by atoms with Crippen molar-refractivity contribution in [3.05, 3.63) is 52.0 Å². The van der Waals surface area contributed by atoms with Gasteiger partial charge in [0.25, 0.3) is 5.91 Å². The number of halogens is 1. The second kappa shape index (κ2) is 5.96. The Bertz CT molecular complexity index is 656. The van der Waals surface area contributed by atoms with E-state index in [1.54, 1.807) is 25.3 Å². The van der Waals surface area contributed by atoms with Crippen molar-refractivity contribution in [1.29, 1.82) is 0 Å². The first-order valence-electron chi connectivity index (χ1n) is 6.03. The van der Waals surface area contributed by atoms with Crippen LogP contribution in [0.1, 0.15) is 15.9 Å². The Morgan fingerprint density at radius 2 is 2.05 bits per heavy atom. The van der Waals surface area contributed by atoms with Crippen molar-refractivity contribution in [3.63, 3.8) is 0 Å². The van der Waals surface area contributed by atoms with Crippen LogP contribution in [0.3, 0.4) is 0 Å². The summed E-state index contributed by atoms with van der Waals surface area (Å²) in [5, 5.41) is 2.86. The smallest absolute Gasteiger partial charge is 0.257 e. The van der Waals surface area contributed by atoms with Gasteiger partial charge in [0, 0.05) is 21.9 Å². The average Bonchev–Trinajstić information content (AvgIpc) is 2.43. The highest BCUT2D eigenvalue weighted by molar-refractivity contribution is 9.10. The highest BCUT2D eigenvalue weighted by atomic mass is 79.9. The number of nitrogen functional groups attached to an aromatic ring is 1. The van der Waals surface area contributed by atoms with Crippen LogP contribution in [0, 0.1) is 6.92 Å². The second-order valence-corrected chi connectivity index (χ2v) is 5.17. The molecule has 3 N–H and O–H groups in total. The number of rotatable bonds is 3. The molecule has 0 radical (unpaired) electrons. The third-order valence-corrected chi connectivity index (χ3v) is 3.88. The summed E-state index contributed by atoms with van der Waals surface area (Å²) in [4.78, 5) is 12.3. The maximum Gasteiger partial charge on any atom is 0.257 e. The van der Waals surface area contributed by atoms with E-state index in [0.29, 0.717) is 17.0 Å². The molecule has 1 amide bonds. The number of anilines is 2. The van der Waals surface area contributed by atoms with Gasteiger partial charge in [-0.3, -0.25) is 4.79 Å². The van der Waals surface area contributed by atoms with E-state index < -0.39 is 0 Å². The first-order chi connectivity index (χ1) is 9.52. The molecule has 0 unspecified atom stereocenters. The molecule has 0 bridgehead atoms. The van der Waals surface area contributed by atoms with Crippen LogP contribution in [0.5, 0.6) is 5.75 Å². The van der Waals surface area contributed by atoms with E-state index in [1.807, 2.05) is 25.1 Å². The van der Waals surface area contributed by atoms with Gasteiger partial charge in [-0.15, -0.1) is 0 Å². The third kappa shape index (κ3) is 2.93. The van der Waals surface area contributed by atoms with Crippen molar-refractivity contribution in [2.45, 2.75) is 6.92 Å². The summed E-state index contributed by atoms with van der Waals surface area (Å²) in [6, 6.07) is 10.6. The molecule has 0 aliphatic rings. The van der Waals surface area contributed by atoms with Crippen LogP contribution in [0.15, 0.2) is 40.9 Å². The number of ether oxygens (including phenoxy) is 1. The largest absolute Gasteiger partial charge is 0.497 e. The zero-order valence-corrected chi connectivity index (χ0v) is 12.8. The molecule has 2 aromatic carbocycles. The summed E-state index contributed by atoms with van der Waals surface area (Å²) < 4.78 is 6.01. The van der Waals surface area contributed by atoms with Crippen LogP contribution in [0.4, 0.5) is 11.4 Å². The molecule has 0 saturated carbocycles. The van der Waals surface area contributed by atoms with Gasteiger partial charge in [0.1, 0.15) is 5.75 Å². The minimum absolute atomic E-state index is 0.244. The predicted octanol–water partition coefficient (Wildman–Crippen LogP) is 3.60. The third-order valence-electron chi connectivity index (χ3n) is 3.02. The summed E-state index contributed by atoms with van der Waals surface area (Å²) in [5.41, 5.74) is 8.39. The normalized spacial score (nSPS) is 10.2. The van der Waals surface area contributed by atoms with Crippen molar-refractivity contribution in [2.24, 2.45) is 0 Å². The van der Waals surface area contributed by atoms with E-state index in [0.717, 1.165) is 15.7 Å². The van der Waals surface area contributed by atoms with Gasteiger partial charge >= 0.3 is 0 Å². The van der Waals surface area contributed by atoms with E-state index in [1.165, 1.54) is 0 Å². The van der Waals surface area contributed by atoms with Gasteiger partial charge in [0.15, 0.2) is 0 Å². The monoisotopic (exact) mass is 334 g/mol. The predicted molar refractivity (Wildman–Crippen MR) is 84.2 cm³/mol. The SMILES string of the molecule is COc1ccc(C(=O)Nc2cccc(Br)c2C)c(N)c1. The zero-order valence-electron chi connectivity index (χ0n) is 11.2. The van der Waals surface area contributed by atoms with E-state index in [9.17, 15) is 4.79 Å². The lowest BCUT2D eigenvalue weighted by atomic mass is 10.1. The average molecular weight is 335 g/mol. The Labute approximate surface area is 126 Å². The van der Waals surface area contributed by atoms with E-state index in [4.69, 9.17) is 10.5 Å². The van der Waals surface area contributed by atoms with Gasteiger partial charge in [-0.1, -0.05) is 22.0 Å². The summed E-state index contributed by atoms with van der Waals surface area (Å²) >= 11 is 3.43. The number of carbonyl (C=O) groups is 1. The Hall–Kier alpha value is -2.01. The minimum Gasteiger partial charge on any atom is -0.497 e. The standard InChI is InChI=1S/C15H15BrN2O2/c1-9-12(16)4-3-5-14(9)18-15(19)11-7-6-10(20-2)8-13(11)17/h3-8H,17H2,1-2H3,(H,18,19). The maximum atomic E-state index is 12.3. The maximum absolute atomic E-state index is 12.3. The first kappa shape index (κ1) is 14.4. The number of amides is 1. The Balaban J connectivity index is 2.26. The van der Waals surface area contributed by atoms with Crippen LogP contribution >= 0.6 is 15.9 Å². The lowest BCUT2D eigenvalue weighted by Gasteiger charge is -2.11. The summed E-state index contributed by atoms with van der Waals surface area (Å²) in [6.45, 7) is 1.93. The molecule has 2 rings (SSSR count). The van der Waals surface area contributed by atoms with Gasteiger partial charge in [-0.25, -0.2) is 0 Å². The summed E-state index contributed by atoms with van der Waals surface area (Å²) in [7, 11) is 1.55. The first-order valence-corrected chi connectivity index (χ1v) is 6.82. The lowest BCUT2D eigenvalue weighted by molar-refractivity contribution is 0.102. The van der Waals surface area contributed by atoms with E-state index in [-0.39, 0.29) is 5.91 Å². The fourth-order valence-electron chi connectivity index (χ4n) is 1.81. The Kier molecular flexibility index (Phi) is 4.29. The molecule has 20 heavy (non-hydrogen) atoms. The van der Waals surface area contributed by atoms with Crippen molar-refractivity contribution < 1.29 is 9.53 Å². The zero-order chi connectivity index (χ0) is 14.7. The van der Waals surface area contributed by atoms with Crippen LogP contribution in [0.2, 0.25) is 0 Å². The second-order valence-electron chi connectivity index (χ2n) is 4.32. The lowest BCUT2D eigenvalue weighted by Crippen LogP contribution is -2.14. The van der Waals surface area contributed by atoms with Crippen LogP contribution < -0.4 is 15.8 Å². The molecule has 0 heterocycles. The van der Waals surface area contributed by atoms with E-state index in [2.05, 4.69) is 21.2 Å². The van der Waals surface area contributed by atoms with Gasteiger partial charge in [-0.05, 0) is 36.8 Å². The quantitative estimate of drug-likeness (QED) is 0.843. The molecular weight excluding hydrogens is 320 g/mol. The summed E-state index contributed by atoms with van der Waals surface area (Å²) in [5.74, 6) is 0.379. The number of hydrogen-bond acceptors (Lipinski definition) is 3. The number of methoxy groups -OCH3 is 1. The molecule has 0 atom stereocenters. The molecule has 0 fully saturated rings. The number of nitrogens with two attached hydrogens (primary N) is 1. The molecule has 0 aliphatic carbocycles. The van der Waals surface area contributed by atoms with Gasteiger partial charge < -0.3 is 15.8 Å². The Morgan fingerprint density at radius 1 is 1.30 bits per heavy atom.